The van der Waals surface area contributed by atoms with Crippen molar-refractivity contribution in [3.63, 3.8) is 0 Å². The topological polar surface area (TPSA) is 71.6 Å². The van der Waals surface area contributed by atoms with Crippen LogP contribution >= 0.6 is 34.4 Å². The minimum atomic E-state index is -0.0793. The number of thioether (sulfide) groups is 1. The van der Waals surface area contributed by atoms with E-state index < -0.39 is 0 Å². The zero-order valence-electron chi connectivity index (χ0n) is 13.3. The third-order valence-electron chi connectivity index (χ3n) is 3.67. The normalized spacial score (nSPS) is 17.1. The summed E-state index contributed by atoms with van der Waals surface area (Å²) < 4.78 is 6.26. The maximum atomic E-state index is 12.8. The third-order valence-corrected chi connectivity index (χ3v) is 6.60. The maximum Gasteiger partial charge on any atom is 0.253 e. The van der Waals surface area contributed by atoms with Gasteiger partial charge < -0.3 is 4.42 Å². The van der Waals surface area contributed by atoms with E-state index >= 15 is 0 Å². The molecule has 0 saturated carbocycles. The Kier molecular flexibility index (Phi) is 4.69. The number of aromatic nitrogens is 2. The van der Waals surface area contributed by atoms with Gasteiger partial charge in [0, 0.05) is 11.3 Å². The molecular weight excluding hydrogens is 376 g/mol. The van der Waals surface area contributed by atoms with Crippen LogP contribution in [0.4, 0.5) is 0 Å². The average Bonchev–Trinajstić information content (AvgIpc) is 3.38. The number of carbonyl (C=O) groups excluding carboxylic acids is 1. The highest BCUT2D eigenvalue weighted by atomic mass is 32.2. The predicted molar refractivity (Wildman–Crippen MR) is 99.1 cm³/mol. The predicted octanol–water partition coefficient (Wildman–Crippen LogP) is 3.97. The molecule has 1 atom stereocenters. The fraction of sp³-hybridized carbons (Fsp3) is 0.250. The summed E-state index contributed by atoms with van der Waals surface area (Å²) in [4.78, 5) is 13.9. The van der Waals surface area contributed by atoms with Gasteiger partial charge in [-0.2, -0.15) is 5.10 Å². The van der Waals surface area contributed by atoms with Gasteiger partial charge in [0.15, 0.2) is 4.34 Å². The Morgan fingerprint density at radius 1 is 1.40 bits per heavy atom. The molecule has 0 fully saturated rings. The molecule has 25 heavy (non-hydrogen) atoms. The van der Waals surface area contributed by atoms with E-state index in [9.17, 15) is 4.79 Å². The van der Waals surface area contributed by atoms with Crippen LogP contribution in [0.5, 0.6) is 0 Å². The molecule has 0 spiro atoms. The fourth-order valence-electron chi connectivity index (χ4n) is 2.56. The largest absolute Gasteiger partial charge is 0.463 e. The number of hydrazone groups is 1. The van der Waals surface area contributed by atoms with Crippen molar-refractivity contribution in [1.82, 2.24) is 15.2 Å². The van der Waals surface area contributed by atoms with Crippen LogP contribution in [0.1, 0.15) is 28.1 Å². The molecule has 4 heterocycles. The van der Waals surface area contributed by atoms with Crippen molar-refractivity contribution in [2.75, 3.05) is 5.75 Å². The van der Waals surface area contributed by atoms with Gasteiger partial charge in [0.2, 0.25) is 0 Å². The SMILES string of the molecule is Cc1nnc(SCC(=O)N2N=C(c3ccco3)CC2c2cccs2)s1. The first kappa shape index (κ1) is 16.5. The molecule has 0 N–H and O–H groups in total. The van der Waals surface area contributed by atoms with E-state index in [1.54, 1.807) is 22.6 Å². The summed E-state index contributed by atoms with van der Waals surface area (Å²) >= 11 is 4.52. The van der Waals surface area contributed by atoms with E-state index in [-0.39, 0.29) is 17.7 Å². The molecule has 3 aromatic rings. The van der Waals surface area contributed by atoms with Crippen molar-refractivity contribution in [1.29, 1.82) is 0 Å². The van der Waals surface area contributed by atoms with E-state index in [0.29, 0.717) is 12.2 Å². The van der Waals surface area contributed by atoms with Crippen LogP contribution < -0.4 is 0 Å². The summed E-state index contributed by atoms with van der Waals surface area (Å²) in [6.45, 7) is 1.90. The molecule has 128 valence electrons. The Labute approximate surface area is 156 Å². The van der Waals surface area contributed by atoms with Crippen LogP contribution in [-0.4, -0.2) is 32.6 Å². The van der Waals surface area contributed by atoms with Gasteiger partial charge in [-0.05, 0) is 30.5 Å². The zero-order valence-corrected chi connectivity index (χ0v) is 15.7. The van der Waals surface area contributed by atoms with Crippen LogP contribution in [0.3, 0.4) is 0 Å². The molecule has 9 heteroatoms. The summed E-state index contributed by atoms with van der Waals surface area (Å²) in [5, 5.41) is 17.1. The monoisotopic (exact) mass is 390 g/mol. The lowest BCUT2D eigenvalue weighted by atomic mass is 10.1. The Morgan fingerprint density at radius 2 is 2.32 bits per heavy atom. The first-order valence-corrected chi connectivity index (χ1v) is 10.3. The summed E-state index contributed by atoms with van der Waals surface area (Å²) in [5.41, 5.74) is 0.800. The van der Waals surface area contributed by atoms with E-state index in [1.165, 1.54) is 23.1 Å². The van der Waals surface area contributed by atoms with Crippen molar-refractivity contribution in [2.45, 2.75) is 23.7 Å². The molecule has 1 unspecified atom stereocenters. The van der Waals surface area contributed by atoms with Gasteiger partial charge in [-0.3, -0.25) is 4.79 Å². The second-order valence-corrected chi connectivity index (χ2v) is 8.76. The number of nitrogens with zero attached hydrogens (tertiary/aromatic N) is 4. The minimum absolute atomic E-state index is 0.0437. The second kappa shape index (κ2) is 7.11. The molecule has 4 rings (SSSR count). The maximum absolute atomic E-state index is 12.8. The lowest BCUT2D eigenvalue weighted by molar-refractivity contribution is -0.130. The number of aryl methyl sites for hydroxylation is 1. The quantitative estimate of drug-likeness (QED) is 0.617. The Bertz CT molecular complexity index is 887. The van der Waals surface area contributed by atoms with Crippen LogP contribution in [0, 0.1) is 6.92 Å². The van der Waals surface area contributed by atoms with Crippen molar-refractivity contribution < 1.29 is 9.21 Å². The fourth-order valence-corrected chi connectivity index (χ4v) is 5.04. The summed E-state index contributed by atoms with van der Waals surface area (Å²) in [5.74, 6) is 0.952. The number of hydrogen-bond acceptors (Lipinski definition) is 8. The zero-order chi connectivity index (χ0) is 17.2. The Hall–Kier alpha value is -1.97. The molecular formula is C16H14N4O2S3. The third kappa shape index (κ3) is 3.53. The van der Waals surface area contributed by atoms with Gasteiger partial charge in [0.25, 0.3) is 5.91 Å². The smallest absolute Gasteiger partial charge is 0.253 e. The summed E-state index contributed by atoms with van der Waals surface area (Å²) in [7, 11) is 0. The van der Waals surface area contributed by atoms with E-state index in [4.69, 9.17) is 4.42 Å². The van der Waals surface area contributed by atoms with Crippen LogP contribution in [0.25, 0.3) is 0 Å². The highest BCUT2D eigenvalue weighted by Gasteiger charge is 2.34. The van der Waals surface area contributed by atoms with E-state index in [0.717, 1.165) is 19.9 Å². The number of thiophene rings is 1. The minimum Gasteiger partial charge on any atom is -0.463 e. The number of furan rings is 1. The van der Waals surface area contributed by atoms with E-state index in [2.05, 4.69) is 15.3 Å². The average molecular weight is 391 g/mol. The standard InChI is InChI=1S/C16H14N4O2S3/c1-10-17-18-16(25-10)24-9-15(21)20-12(14-5-3-7-23-14)8-11(19-20)13-4-2-6-22-13/h2-7,12H,8-9H2,1H3. The van der Waals surface area contributed by atoms with Gasteiger partial charge in [0.1, 0.15) is 16.5 Å². The summed E-state index contributed by atoms with van der Waals surface area (Å²) in [6.07, 6.45) is 2.28. The molecule has 0 radical (unpaired) electrons. The second-order valence-electron chi connectivity index (χ2n) is 5.37. The Balaban J connectivity index is 1.53. The number of hydrogen-bond donors (Lipinski definition) is 0. The van der Waals surface area contributed by atoms with Crippen LogP contribution in [0.2, 0.25) is 0 Å². The number of carbonyl (C=O) groups is 1. The van der Waals surface area contributed by atoms with Crippen LogP contribution in [0.15, 0.2) is 49.8 Å². The first-order valence-electron chi connectivity index (χ1n) is 7.60. The molecule has 1 aliphatic rings. The van der Waals surface area contributed by atoms with Crippen molar-refractivity contribution in [3.8, 4) is 0 Å². The molecule has 0 aromatic carbocycles. The molecule has 0 saturated heterocycles. The molecule has 1 aliphatic heterocycles. The van der Waals surface area contributed by atoms with Gasteiger partial charge in [0.05, 0.1) is 18.1 Å². The molecule has 6 nitrogen and oxygen atoms in total. The molecule has 0 aliphatic carbocycles. The Morgan fingerprint density at radius 3 is 3.00 bits per heavy atom. The molecule has 3 aromatic heterocycles. The van der Waals surface area contributed by atoms with Crippen LogP contribution in [-0.2, 0) is 4.79 Å². The number of amides is 1. The number of rotatable bonds is 5. The lowest BCUT2D eigenvalue weighted by Crippen LogP contribution is -2.28. The van der Waals surface area contributed by atoms with Gasteiger partial charge in [-0.15, -0.1) is 21.5 Å². The molecule has 0 bridgehead atoms. The summed E-state index contributed by atoms with van der Waals surface area (Å²) in [6, 6.07) is 7.65. The van der Waals surface area contributed by atoms with Crippen molar-refractivity contribution in [2.24, 2.45) is 5.10 Å². The first-order chi connectivity index (χ1) is 12.2. The highest BCUT2D eigenvalue weighted by Crippen LogP contribution is 2.36. The van der Waals surface area contributed by atoms with Crippen molar-refractivity contribution >= 4 is 46.1 Å². The lowest BCUT2D eigenvalue weighted by Gasteiger charge is -2.20. The highest BCUT2D eigenvalue weighted by molar-refractivity contribution is 8.01. The van der Waals surface area contributed by atoms with E-state index in [1.807, 2.05) is 36.6 Å². The van der Waals surface area contributed by atoms with Gasteiger partial charge in [-0.25, -0.2) is 5.01 Å². The molecule has 1 amide bonds. The van der Waals surface area contributed by atoms with Gasteiger partial charge >= 0.3 is 0 Å². The van der Waals surface area contributed by atoms with Crippen molar-refractivity contribution in [3.05, 3.63) is 51.6 Å². The van der Waals surface area contributed by atoms with Gasteiger partial charge in [-0.1, -0.05) is 29.2 Å².